The molecule has 1 heterocycles. The van der Waals surface area contributed by atoms with Crippen LogP contribution in [0.1, 0.15) is 10.7 Å². The van der Waals surface area contributed by atoms with Gasteiger partial charge in [0.1, 0.15) is 22.4 Å². The SMILES string of the molecule is CN=C(NCCOc1cccc(Cl)c1Cl)NCc1nc(C(F)(F)F)cs1.I. The fourth-order valence-electron chi connectivity index (χ4n) is 1.83. The van der Waals surface area contributed by atoms with Gasteiger partial charge in [-0.15, -0.1) is 35.3 Å². The van der Waals surface area contributed by atoms with Crippen molar-refractivity contribution in [3.63, 3.8) is 0 Å². The van der Waals surface area contributed by atoms with Crippen molar-refractivity contribution in [3.8, 4) is 5.75 Å². The molecule has 150 valence electrons. The Morgan fingerprint density at radius 1 is 1.30 bits per heavy atom. The number of nitrogens with zero attached hydrogens (tertiary/aromatic N) is 2. The maximum Gasteiger partial charge on any atom is 0.434 e. The van der Waals surface area contributed by atoms with Gasteiger partial charge in [-0.05, 0) is 12.1 Å². The number of aliphatic imine (C=N–C) groups is 1. The van der Waals surface area contributed by atoms with Gasteiger partial charge in [-0.2, -0.15) is 13.2 Å². The van der Waals surface area contributed by atoms with Crippen molar-refractivity contribution in [2.75, 3.05) is 20.2 Å². The summed E-state index contributed by atoms with van der Waals surface area (Å²) < 4.78 is 43.1. The number of nitrogens with one attached hydrogen (secondary N) is 2. The van der Waals surface area contributed by atoms with E-state index in [1.54, 1.807) is 25.2 Å². The zero-order valence-electron chi connectivity index (χ0n) is 13.9. The Kier molecular flexibility index (Phi) is 9.91. The standard InChI is InChI=1S/C15H15Cl2F3N4OS.HI/c1-21-14(23-7-12-24-11(8-26-12)15(18,19)20)22-5-6-25-10-4-2-3-9(16)13(10)17;/h2-4,8H,5-7H2,1H3,(H2,21,22,23);1H. The van der Waals surface area contributed by atoms with Crippen LogP contribution in [0.3, 0.4) is 0 Å². The number of thiazole rings is 1. The van der Waals surface area contributed by atoms with Gasteiger partial charge < -0.3 is 15.4 Å². The Labute approximate surface area is 185 Å². The summed E-state index contributed by atoms with van der Waals surface area (Å²) in [5.41, 5.74) is -0.894. The molecule has 1 aromatic heterocycles. The summed E-state index contributed by atoms with van der Waals surface area (Å²) in [5.74, 6) is 0.876. The number of rotatable bonds is 6. The topological polar surface area (TPSA) is 58.5 Å². The summed E-state index contributed by atoms with van der Waals surface area (Å²) in [6.45, 7) is 0.811. The zero-order valence-corrected chi connectivity index (χ0v) is 18.6. The molecule has 1 aromatic carbocycles. The van der Waals surface area contributed by atoms with E-state index in [0.717, 1.165) is 16.7 Å². The molecule has 0 amide bonds. The molecule has 0 atom stereocenters. The van der Waals surface area contributed by atoms with E-state index in [9.17, 15) is 13.2 Å². The lowest BCUT2D eigenvalue weighted by molar-refractivity contribution is -0.140. The van der Waals surface area contributed by atoms with Gasteiger partial charge in [0.25, 0.3) is 0 Å². The van der Waals surface area contributed by atoms with Gasteiger partial charge in [-0.25, -0.2) is 4.98 Å². The third kappa shape index (κ3) is 7.51. The van der Waals surface area contributed by atoms with Crippen LogP contribution in [0.4, 0.5) is 13.2 Å². The summed E-state index contributed by atoms with van der Waals surface area (Å²) >= 11 is 12.8. The van der Waals surface area contributed by atoms with E-state index < -0.39 is 11.9 Å². The first-order valence-corrected chi connectivity index (χ1v) is 8.97. The molecule has 0 fully saturated rings. The highest BCUT2D eigenvalue weighted by molar-refractivity contribution is 14.0. The molecule has 0 bridgehead atoms. The first-order chi connectivity index (χ1) is 12.3. The first-order valence-electron chi connectivity index (χ1n) is 7.34. The molecule has 0 aliphatic rings. The summed E-state index contributed by atoms with van der Waals surface area (Å²) in [7, 11) is 1.55. The fourth-order valence-corrected chi connectivity index (χ4v) is 2.92. The number of ether oxygens (including phenoxy) is 1. The molecular formula is C15H16Cl2F3IN4OS. The van der Waals surface area contributed by atoms with E-state index in [1.807, 2.05) is 0 Å². The minimum absolute atomic E-state index is 0. The molecule has 27 heavy (non-hydrogen) atoms. The van der Waals surface area contributed by atoms with Gasteiger partial charge in [-0.1, -0.05) is 29.3 Å². The van der Waals surface area contributed by atoms with Crippen molar-refractivity contribution >= 4 is 64.5 Å². The quantitative estimate of drug-likeness (QED) is 0.232. The third-order valence-corrected chi connectivity index (χ3v) is 4.69. The Morgan fingerprint density at radius 2 is 2.04 bits per heavy atom. The van der Waals surface area contributed by atoms with E-state index in [-0.39, 0.29) is 37.1 Å². The molecule has 12 heteroatoms. The van der Waals surface area contributed by atoms with Gasteiger partial charge in [0.2, 0.25) is 0 Å². The monoisotopic (exact) mass is 554 g/mol. The second-order valence-electron chi connectivity index (χ2n) is 4.88. The number of guanidine groups is 1. The van der Waals surface area contributed by atoms with Crippen LogP contribution in [0.15, 0.2) is 28.6 Å². The molecule has 0 aliphatic carbocycles. The van der Waals surface area contributed by atoms with Crippen LogP contribution in [-0.2, 0) is 12.7 Å². The zero-order chi connectivity index (χ0) is 19.2. The molecule has 0 saturated carbocycles. The third-order valence-electron chi connectivity index (χ3n) is 3.04. The molecular weight excluding hydrogens is 539 g/mol. The second kappa shape index (κ2) is 11.1. The van der Waals surface area contributed by atoms with E-state index in [4.69, 9.17) is 27.9 Å². The minimum Gasteiger partial charge on any atom is -0.490 e. The van der Waals surface area contributed by atoms with E-state index in [0.29, 0.717) is 33.3 Å². The molecule has 0 spiro atoms. The van der Waals surface area contributed by atoms with Crippen molar-refractivity contribution in [1.82, 2.24) is 15.6 Å². The lowest BCUT2D eigenvalue weighted by atomic mass is 10.3. The predicted octanol–water partition coefficient (Wildman–Crippen LogP) is 4.83. The van der Waals surface area contributed by atoms with Crippen LogP contribution >= 0.6 is 58.5 Å². The van der Waals surface area contributed by atoms with Crippen LogP contribution in [0.5, 0.6) is 5.75 Å². The van der Waals surface area contributed by atoms with Gasteiger partial charge >= 0.3 is 6.18 Å². The molecule has 0 saturated heterocycles. The lowest BCUT2D eigenvalue weighted by Gasteiger charge is -2.12. The molecule has 2 N–H and O–H groups in total. The summed E-state index contributed by atoms with van der Waals surface area (Å²) in [4.78, 5) is 7.52. The van der Waals surface area contributed by atoms with Gasteiger partial charge in [-0.3, -0.25) is 4.99 Å². The van der Waals surface area contributed by atoms with Crippen LogP contribution < -0.4 is 15.4 Å². The molecule has 2 aromatic rings. The van der Waals surface area contributed by atoms with Gasteiger partial charge in [0.15, 0.2) is 11.7 Å². The fraction of sp³-hybridized carbons (Fsp3) is 0.333. The second-order valence-corrected chi connectivity index (χ2v) is 6.61. The highest BCUT2D eigenvalue weighted by atomic mass is 127. The Morgan fingerprint density at radius 3 is 2.67 bits per heavy atom. The van der Waals surface area contributed by atoms with E-state index >= 15 is 0 Å². The number of hydrogen-bond donors (Lipinski definition) is 2. The average molecular weight is 555 g/mol. The molecule has 0 unspecified atom stereocenters. The summed E-state index contributed by atoms with van der Waals surface area (Å²) in [5, 5.41) is 7.88. The maximum absolute atomic E-state index is 12.5. The number of aromatic nitrogens is 1. The molecule has 0 aliphatic heterocycles. The normalized spacial score (nSPS) is 11.7. The van der Waals surface area contributed by atoms with E-state index in [1.165, 1.54) is 0 Å². The van der Waals surface area contributed by atoms with Crippen molar-refractivity contribution in [2.24, 2.45) is 4.99 Å². The highest BCUT2D eigenvalue weighted by Gasteiger charge is 2.33. The molecule has 0 radical (unpaired) electrons. The smallest absolute Gasteiger partial charge is 0.434 e. The minimum atomic E-state index is -4.44. The Balaban J connectivity index is 0.00000364. The van der Waals surface area contributed by atoms with Crippen molar-refractivity contribution in [3.05, 3.63) is 44.3 Å². The predicted molar refractivity (Wildman–Crippen MR) is 113 cm³/mol. The van der Waals surface area contributed by atoms with Crippen LogP contribution in [0.2, 0.25) is 10.0 Å². The van der Waals surface area contributed by atoms with Crippen molar-refractivity contribution in [1.29, 1.82) is 0 Å². The average Bonchev–Trinajstić information content (AvgIpc) is 3.07. The maximum atomic E-state index is 12.5. The van der Waals surface area contributed by atoms with Crippen LogP contribution in [0.25, 0.3) is 0 Å². The van der Waals surface area contributed by atoms with Gasteiger partial charge in [0.05, 0.1) is 18.1 Å². The van der Waals surface area contributed by atoms with Gasteiger partial charge in [0, 0.05) is 12.4 Å². The largest absolute Gasteiger partial charge is 0.490 e. The molecule has 5 nitrogen and oxygen atoms in total. The lowest BCUT2D eigenvalue weighted by Crippen LogP contribution is -2.38. The van der Waals surface area contributed by atoms with Crippen molar-refractivity contribution in [2.45, 2.75) is 12.7 Å². The Hall–Kier alpha value is -0.980. The first kappa shape index (κ1) is 24.1. The number of alkyl halides is 3. The molecule has 2 rings (SSSR count). The number of benzene rings is 1. The Bertz CT molecular complexity index is 774. The van der Waals surface area contributed by atoms with Crippen molar-refractivity contribution < 1.29 is 17.9 Å². The summed E-state index contributed by atoms with van der Waals surface area (Å²) in [6.07, 6.45) is -4.44. The number of hydrogen-bond acceptors (Lipinski definition) is 4. The van der Waals surface area contributed by atoms with Crippen LogP contribution in [-0.4, -0.2) is 31.1 Å². The highest BCUT2D eigenvalue weighted by Crippen LogP contribution is 2.31. The summed E-state index contributed by atoms with van der Waals surface area (Å²) in [6, 6.07) is 5.08. The van der Waals surface area contributed by atoms with Crippen LogP contribution in [0, 0.1) is 0 Å². The van der Waals surface area contributed by atoms with E-state index in [2.05, 4.69) is 20.6 Å². The number of halogens is 6.